The molecule has 0 aliphatic rings. The van der Waals surface area contributed by atoms with Crippen LogP contribution in [0.25, 0.3) is 0 Å². The average molecular weight is 311 g/mol. The largest absolute Gasteiger partial charge is 0.286 e. The van der Waals surface area contributed by atoms with Gasteiger partial charge < -0.3 is 0 Å². The Bertz CT molecular complexity index is 426. The molecule has 0 saturated heterocycles. The number of nitrogens with zero attached hydrogens (tertiary/aromatic N) is 1. The molecule has 0 aliphatic carbocycles. The fraction of sp³-hybridized carbons (Fsp3) is 0.737. The van der Waals surface area contributed by atoms with E-state index in [9.17, 15) is 8.78 Å². The molecule has 2 atom stereocenters. The van der Waals surface area contributed by atoms with Crippen molar-refractivity contribution in [3.63, 3.8) is 0 Å². The minimum absolute atomic E-state index is 0.119. The molecule has 1 aromatic rings. The van der Waals surface area contributed by atoms with Crippen LogP contribution in [-0.2, 0) is 12.3 Å². The van der Waals surface area contributed by atoms with E-state index in [0.29, 0.717) is 0 Å². The summed E-state index contributed by atoms with van der Waals surface area (Å²) in [6.45, 7) is 7.80. The minimum Gasteiger partial charge on any atom is -0.252 e. The molecule has 1 aromatic heterocycles. The summed E-state index contributed by atoms with van der Waals surface area (Å²) in [6, 6.07) is 4.94. The van der Waals surface area contributed by atoms with E-state index in [4.69, 9.17) is 0 Å². The molecule has 1 rings (SSSR count). The topological polar surface area (TPSA) is 12.9 Å². The van der Waals surface area contributed by atoms with Crippen LogP contribution in [0.15, 0.2) is 18.2 Å². The first-order valence-corrected chi connectivity index (χ1v) is 8.67. The molecule has 0 fully saturated rings. The van der Waals surface area contributed by atoms with Gasteiger partial charge in [-0.15, -0.1) is 0 Å². The summed E-state index contributed by atoms with van der Waals surface area (Å²) in [5.74, 6) is -1.29. The second-order valence-corrected chi connectivity index (χ2v) is 6.88. The Morgan fingerprint density at radius 2 is 1.77 bits per heavy atom. The number of hydrogen-bond acceptors (Lipinski definition) is 1. The Morgan fingerprint density at radius 3 is 2.41 bits per heavy atom. The smallest absolute Gasteiger partial charge is 0.252 e. The van der Waals surface area contributed by atoms with Crippen molar-refractivity contribution in [3.05, 3.63) is 29.6 Å². The number of rotatable bonds is 10. The van der Waals surface area contributed by atoms with Gasteiger partial charge in [-0.3, -0.25) is 4.98 Å². The third kappa shape index (κ3) is 7.33. The summed E-state index contributed by atoms with van der Waals surface area (Å²) in [5.41, 5.74) is 0.665. The molecule has 0 aliphatic heterocycles. The fourth-order valence-electron chi connectivity index (χ4n) is 3.08. The molecule has 2 unspecified atom stereocenters. The van der Waals surface area contributed by atoms with E-state index in [-0.39, 0.29) is 5.69 Å². The Kier molecular flexibility index (Phi) is 7.98. The van der Waals surface area contributed by atoms with E-state index in [2.05, 4.69) is 25.8 Å². The number of alkyl halides is 2. The number of aryl methyl sites for hydroxylation is 1. The third-order valence-electron chi connectivity index (χ3n) is 4.22. The molecule has 0 amide bonds. The van der Waals surface area contributed by atoms with Crippen LogP contribution in [0.2, 0.25) is 0 Å². The van der Waals surface area contributed by atoms with Gasteiger partial charge in [-0.05, 0) is 43.2 Å². The van der Waals surface area contributed by atoms with Crippen LogP contribution in [0.1, 0.15) is 77.6 Å². The molecule has 0 aromatic carbocycles. The van der Waals surface area contributed by atoms with Crippen LogP contribution in [0.4, 0.5) is 8.78 Å². The lowest BCUT2D eigenvalue weighted by Gasteiger charge is -2.16. The highest BCUT2D eigenvalue weighted by molar-refractivity contribution is 5.14. The number of hydrogen-bond donors (Lipinski definition) is 0. The van der Waals surface area contributed by atoms with Crippen molar-refractivity contribution in [2.75, 3.05) is 0 Å². The van der Waals surface area contributed by atoms with E-state index in [0.717, 1.165) is 43.7 Å². The van der Waals surface area contributed by atoms with E-state index in [1.165, 1.54) is 31.7 Å². The number of halogens is 2. The van der Waals surface area contributed by atoms with Gasteiger partial charge in [0, 0.05) is 12.6 Å². The molecule has 0 N–H and O–H groups in total. The van der Waals surface area contributed by atoms with E-state index in [1.54, 1.807) is 6.07 Å². The van der Waals surface area contributed by atoms with Crippen molar-refractivity contribution in [3.8, 4) is 0 Å². The van der Waals surface area contributed by atoms with Crippen LogP contribution in [-0.4, -0.2) is 4.98 Å². The summed E-state index contributed by atoms with van der Waals surface area (Å²) in [4.78, 5) is 4.08. The van der Waals surface area contributed by atoms with Crippen molar-refractivity contribution in [2.45, 2.75) is 78.6 Å². The van der Waals surface area contributed by atoms with Gasteiger partial charge in [0.25, 0.3) is 5.92 Å². The van der Waals surface area contributed by atoms with Crippen LogP contribution in [0.5, 0.6) is 0 Å². The molecule has 3 heteroatoms. The lowest BCUT2D eigenvalue weighted by atomic mass is 9.90. The maximum absolute atomic E-state index is 13.3. The molecule has 0 spiro atoms. The Labute approximate surface area is 134 Å². The summed E-state index contributed by atoms with van der Waals surface area (Å²) in [6.07, 6.45) is 8.05. The second-order valence-electron chi connectivity index (χ2n) is 6.88. The molecule has 1 heterocycles. The average Bonchev–Trinajstić information content (AvgIpc) is 2.43. The highest BCUT2D eigenvalue weighted by Crippen LogP contribution is 2.25. The molecule has 126 valence electrons. The lowest BCUT2D eigenvalue weighted by Crippen LogP contribution is -2.10. The van der Waals surface area contributed by atoms with Crippen molar-refractivity contribution in [1.29, 1.82) is 0 Å². The van der Waals surface area contributed by atoms with Crippen LogP contribution in [0, 0.1) is 11.8 Å². The maximum atomic E-state index is 13.3. The van der Waals surface area contributed by atoms with Gasteiger partial charge in [0.05, 0.1) is 0 Å². The predicted molar refractivity (Wildman–Crippen MR) is 89.2 cm³/mol. The highest BCUT2D eigenvalue weighted by Gasteiger charge is 2.25. The van der Waals surface area contributed by atoms with Gasteiger partial charge in [-0.25, -0.2) is 0 Å². The summed E-state index contributed by atoms with van der Waals surface area (Å²) >= 11 is 0. The standard InChI is InChI=1S/C19H31F2N/c1-5-9-15(2)14-16(3)10-6-7-11-17-12-8-13-18(22-17)19(4,20)21/h8,12-13,15-16H,5-7,9-11,14H2,1-4H3. The number of pyridine rings is 1. The van der Waals surface area contributed by atoms with Gasteiger partial charge >= 0.3 is 0 Å². The molecule has 22 heavy (non-hydrogen) atoms. The summed E-state index contributed by atoms with van der Waals surface area (Å²) in [7, 11) is 0. The SMILES string of the molecule is CCCC(C)CC(C)CCCCc1cccc(C(C)(F)F)n1. The van der Waals surface area contributed by atoms with Gasteiger partial charge in [-0.2, -0.15) is 8.78 Å². The zero-order valence-electron chi connectivity index (χ0n) is 14.5. The van der Waals surface area contributed by atoms with Gasteiger partial charge in [0.15, 0.2) is 0 Å². The van der Waals surface area contributed by atoms with Gasteiger partial charge in [0.2, 0.25) is 0 Å². The fourth-order valence-corrected chi connectivity index (χ4v) is 3.08. The molecule has 0 bridgehead atoms. The van der Waals surface area contributed by atoms with Crippen molar-refractivity contribution in [1.82, 2.24) is 4.98 Å². The van der Waals surface area contributed by atoms with E-state index < -0.39 is 5.92 Å². The Balaban J connectivity index is 2.30. The third-order valence-corrected chi connectivity index (χ3v) is 4.22. The maximum Gasteiger partial charge on any atom is 0.286 e. The van der Waals surface area contributed by atoms with Crippen molar-refractivity contribution in [2.24, 2.45) is 11.8 Å². The zero-order valence-corrected chi connectivity index (χ0v) is 14.5. The normalized spacial score (nSPS) is 14.8. The Hall–Kier alpha value is -0.990. The first kappa shape index (κ1) is 19.1. The van der Waals surface area contributed by atoms with Crippen molar-refractivity contribution < 1.29 is 8.78 Å². The summed E-state index contributed by atoms with van der Waals surface area (Å²) in [5, 5.41) is 0. The van der Waals surface area contributed by atoms with Gasteiger partial charge in [0.1, 0.15) is 5.69 Å². The lowest BCUT2D eigenvalue weighted by molar-refractivity contribution is 0.0125. The first-order chi connectivity index (χ1) is 10.3. The highest BCUT2D eigenvalue weighted by atomic mass is 19.3. The monoisotopic (exact) mass is 311 g/mol. The van der Waals surface area contributed by atoms with E-state index in [1.807, 2.05) is 6.07 Å². The van der Waals surface area contributed by atoms with Gasteiger partial charge in [-0.1, -0.05) is 52.5 Å². The molecule has 0 radical (unpaired) electrons. The Morgan fingerprint density at radius 1 is 1.09 bits per heavy atom. The zero-order chi connectivity index (χ0) is 16.6. The van der Waals surface area contributed by atoms with E-state index >= 15 is 0 Å². The van der Waals surface area contributed by atoms with Crippen LogP contribution in [0.3, 0.4) is 0 Å². The molecular weight excluding hydrogens is 280 g/mol. The first-order valence-electron chi connectivity index (χ1n) is 8.67. The predicted octanol–water partition coefficient (Wildman–Crippen LogP) is 6.37. The quantitative estimate of drug-likeness (QED) is 0.458. The number of unbranched alkanes of at least 4 members (excludes halogenated alkanes) is 1. The van der Waals surface area contributed by atoms with Crippen LogP contribution >= 0.6 is 0 Å². The molecule has 1 nitrogen and oxygen atoms in total. The molecule has 0 saturated carbocycles. The second kappa shape index (κ2) is 9.22. The van der Waals surface area contributed by atoms with Crippen molar-refractivity contribution >= 4 is 0 Å². The molecular formula is C19H31F2N. The van der Waals surface area contributed by atoms with Crippen LogP contribution < -0.4 is 0 Å². The minimum atomic E-state index is -2.85. The number of aromatic nitrogens is 1. The summed E-state index contributed by atoms with van der Waals surface area (Å²) < 4.78 is 26.5.